The van der Waals surface area contributed by atoms with Gasteiger partial charge in [0.1, 0.15) is 5.65 Å². The quantitative estimate of drug-likeness (QED) is 0.518. The number of fused-ring (bicyclic) bond motifs is 1. The molecule has 0 bridgehead atoms. The van der Waals surface area contributed by atoms with E-state index in [4.69, 9.17) is 0 Å². The molecular weight excluding hydrogens is 364 g/mol. The number of pyridine rings is 1. The zero-order valence-electron chi connectivity index (χ0n) is 13.4. The summed E-state index contributed by atoms with van der Waals surface area (Å²) in [5.41, 5.74) is -1.42. The summed E-state index contributed by atoms with van der Waals surface area (Å²) >= 11 is 0. The van der Waals surface area contributed by atoms with Gasteiger partial charge in [0.05, 0.1) is 17.5 Å². The largest absolute Gasteiger partial charge is 0.343 e. The minimum atomic E-state index is -1.12. The smallest absolute Gasteiger partial charge is 0.327 e. The maximum Gasteiger partial charge on any atom is 0.327 e. The number of halogens is 2. The van der Waals surface area contributed by atoms with Gasteiger partial charge in [-0.3, -0.25) is 24.4 Å². The van der Waals surface area contributed by atoms with Crippen LogP contribution in [0.15, 0.2) is 40.1 Å². The fourth-order valence-corrected chi connectivity index (χ4v) is 2.21. The first-order chi connectivity index (χ1) is 12.8. The molecule has 0 aliphatic heterocycles. The maximum atomic E-state index is 13.1. The van der Waals surface area contributed by atoms with Crippen molar-refractivity contribution >= 4 is 28.5 Å². The number of nitrogens with one attached hydrogen (secondary N) is 4. The van der Waals surface area contributed by atoms with Crippen LogP contribution in [0.25, 0.3) is 11.0 Å². The third kappa shape index (κ3) is 4.03. The Morgan fingerprint density at radius 3 is 2.59 bits per heavy atom. The molecule has 0 spiro atoms. The second-order valence-corrected chi connectivity index (χ2v) is 5.39. The first kappa shape index (κ1) is 17.9. The molecule has 0 aliphatic carbocycles. The van der Waals surface area contributed by atoms with Gasteiger partial charge in [-0.05, 0) is 18.2 Å². The van der Waals surface area contributed by atoms with E-state index in [-0.39, 0.29) is 22.3 Å². The lowest BCUT2D eigenvalue weighted by Crippen LogP contribution is -2.33. The van der Waals surface area contributed by atoms with Crippen molar-refractivity contribution < 1.29 is 18.4 Å². The number of aromatic nitrogens is 3. The van der Waals surface area contributed by atoms with E-state index < -0.39 is 41.2 Å². The van der Waals surface area contributed by atoms with Crippen molar-refractivity contribution in [3.63, 3.8) is 0 Å². The summed E-state index contributed by atoms with van der Waals surface area (Å²) in [6.07, 6.45) is 1.13. The molecule has 0 fully saturated rings. The summed E-state index contributed by atoms with van der Waals surface area (Å²) < 4.78 is 25.9. The molecule has 0 radical (unpaired) electrons. The van der Waals surface area contributed by atoms with Crippen LogP contribution in [-0.4, -0.2) is 33.3 Å². The highest BCUT2D eigenvalue weighted by atomic mass is 19.2. The first-order valence-corrected chi connectivity index (χ1v) is 7.49. The van der Waals surface area contributed by atoms with Gasteiger partial charge < -0.3 is 10.6 Å². The maximum absolute atomic E-state index is 13.1. The third-order valence-corrected chi connectivity index (χ3v) is 3.47. The Kier molecular flexibility index (Phi) is 4.75. The molecule has 2 amide bonds. The summed E-state index contributed by atoms with van der Waals surface area (Å²) in [5, 5.41) is 4.58. The molecule has 1 aromatic carbocycles. The zero-order chi connectivity index (χ0) is 19.6. The van der Waals surface area contributed by atoms with E-state index in [1.54, 1.807) is 0 Å². The molecule has 9 nitrogen and oxygen atoms in total. The van der Waals surface area contributed by atoms with Gasteiger partial charge in [0.2, 0.25) is 5.91 Å². The number of hydrogen-bond acceptors (Lipinski definition) is 5. The van der Waals surface area contributed by atoms with Crippen LogP contribution >= 0.6 is 0 Å². The predicted octanol–water partition coefficient (Wildman–Crippen LogP) is 0.258. The normalized spacial score (nSPS) is 10.6. The minimum Gasteiger partial charge on any atom is -0.343 e. The van der Waals surface area contributed by atoms with Crippen molar-refractivity contribution in [2.45, 2.75) is 0 Å². The molecule has 138 valence electrons. The SMILES string of the molecule is O=C(CNC(=O)c1cnc2[nH]c(=O)[nH]c(=O)c2c1)Nc1ccc(F)c(F)c1. The number of anilines is 1. The number of H-pyrrole nitrogens is 2. The van der Waals surface area contributed by atoms with E-state index in [0.29, 0.717) is 0 Å². The van der Waals surface area contributed by atoms with Crippen molar-refractivity contribution in [1.29, 1.82) is 0 Å². The highest BCUT2D eigenvalue weighted by Gasteiger charge is 2.12. The van der Waals surface area contributed by atoms with Gasteiger partial charge in [-0.25, -0.2) is 18.6 Å². The lowest BCUT2D eigenvalue weighted by molar-refractivity contribution is -0.115. The van der Waals surface area contributed by atoms with Crippen molar-refractivity contribution in [2.75, 3.05) is 11.9 Å². The third-order valence-electron chi connectivity index (χ3n) is 3.47. The van der Waals surface area contributed by atoms with E-state index in [1.165, 1.54) is 12.1 Å². The second kappa shape index (κ2) is 7.15. The minimum absolute atomic E-state index is 0.00603. The first-order valence-electron chi connectivity index (χ1n) is 7.49. The number of hydrogen-bond donors (Lipinski definition) is 4. The van der Waals surface area contributed by atoms with Crippen LogP contribution in [0.5, 0.6) is 0 Å². The molecule has 0 atom stereocenters. The van der Waals surface area contributed by atoms with Crippen molar-refractivity contribution in [1.82, 2.24) is 20.3 Å². The number of aromatic amines is 2. The lowest BCUT2D eigenvalue weighted by Gasteiger charge is -2.07. The Morgan fingerprint density at radius 2 is 1.85 bits per heavy atom. The topological polar surface area (TPSA) is 137 Å². The molecule has 0 saturated heterocycles. The fraction of sp³-hybridized carbons (Fsp3) is 0.0625. The van der Waals surface area contributed by atoms with Crippen LogP contribution in [0.4, 0.5) is 14.5 Å². The highest BCUT2D eigenvalue weighted by molar-refractivity contribution is 6.00. The van der Waals surface area contributed by atoms with Crippen molar-refractivity contribution in [3.05, 3.63) is 68.5 Å². The number of nitrogens with zero attached hydrogens (tertiary/aromatic N) is 1. The number of benzene rings is 1. The van der Waals surface area contributed by atoms with Crippen LogP contribution in [0.3, 0.4) is 0 Å². The fourth-order valence-electron chi connectivity index (χ4n) is 2.21. The Labute approximate surface area is 148 Å². The molecule has 3 rings (SSSR count). The monoisotopic (exact) mass is 375 g/mol. The molecule has 0 saturated carbocycles. The Morgan fingerprint density at radius 1 is 1.07 bits per heavy atom. The molecule has 2 aromatic heterocycles. The Bertz CT molecular complexity index is 1170. The number of amides is 2. The second-order valence-electron chi connectivity index (χ2n) is 5.39. The van der Waals surface area contributed by atoms with Crippen LogP contribution in [-0.2, 0) is 4.79 Å². The van der Waals surface area contributed by atoms with E-state index in [1.807, 2.05) is 4.98 Å². The Balaban J connectivity index is 1.67. The average molecular weight is 375 g/mol. The average Bonchev–Trinajstić information content (AvgIpc) is 2.62. The van der Waals surface area contributed by atoms with E-state index >= 15 is 0 Å². The van der Waals surface area contributed by atoms with E-state index in [9.17, 15) is 28.0 Å². The van der Waals surface area contributed by atoms with E-state index in [2.05, 4.69) is 20.6 Å². The van der Waals surface area contributed by atoms with Gasteiger partial charge in [0, 0.05) is 18.0 Å². The van der Waals surface area contributed by atoms with Gasteiger partial charge in [0.15, 0.2) is 11.6 Å². The number of rotatable bonds is 4. The van der Waals surface area contributed by atoms with Crippen LogP contribution in [0.1, 0.15) is 10.4 Å². The van der Waals surface area contributed by atoms with Gasteiger partial charge in [-0.1, -0.05) is 0 Å². The molecule has 3 aromatic rings. The van der Waals surface area contributed by atoms with Crippen molar-refractivity contribution in [2.24, 2.45) is 0 Å². The number of carbonyl (C=O) groups excluding carboxylic acids is 2. The van der Waals surface area contributed by atoms with Gasteiger partial charge in [0.25, 0.3) is 11.5 Å². The summed E-state index contributed by atoms with van der Waals surface area (Å²) in [6, 6.07) is 4.03. The zero-order valence-corrected chi connectivity index (χ0v) is 13.4. The van der Waals surface area contributed by atoms with E-state index in [0.717, 1.165) is 18.3 Å². The number of carbonyl (C=O) groups is 2. The summed E-state index contributed by atoms with van der Waals surface area (Å²) in [7, 11) is 0. The molecule has 11 heteroatoms. The van der Waals surface area contributed by atoms with Crippen LogP contribution in [0.2, 0.25) is 0 Å². The molecule has 0 unspecified atom stereocenters. The summed E-state index contributed by atoms with van der Waals surface area (Å²) in [6.45, 7) is -0.460. The van der Waals surface area contributed by atoms with Crippen molar-refractivity contribution in [3.8, 4) is 0 Å². The van der Waals surface area contributed by atoms with Gasteiger partial charge >= 0.3 is 5.69 Å². The van der Waals surface area contributed by atoms with Gasteiger partial charge in [-0.15, -0.1) is 0 Å². The molecule has 27 heavy (non-hydrogen) atoms. The molecular formula is C16H11F2N5O4. The highest BCUT2D eigenvalue weighted by Crippen LogP contribution is 2.12. The molecule has 0 aliphatic rings. The molecule has 4 N–H and O–H groups in total. The standard InChI is InChI=1S/C16H11F2N5O4/c17-10-2-1-8(4-11(10)18)21-12(24)6-20-14(25)7-3-9-13(19-5-7)22-16(27)23-15(9)26/h1-5H,6H2,(H,20,25)(H,21,24)(H2,19,22,23,26,27). The van der Waals surface area contributed by atoms with Crippen LogP contribution in [0, 0.1) is 11.6 Å². The lowest BCUT2D eigenvalue weighted by atomic mass is 10.2. The summed E-state index contributed by atoms with van der Waals surface area (Å²) in [5.74, 6) is -3.55. The van der Waals surface area contributed by atoms with Crippen LogP contribution < -0.4 is 21.9 Å². The van der Waals surface area contributed by atoms with Gasteiger partial charge in [-0.2, -0.15) is 0 Å². The predicted molar refractivity (Wildman–Crippen MR) is 90.3 cm³/mol. The Hall–Kier alpha value is -3.89. The molecule has 2 heterocycles. The summed E-state index contributed by atoms with van der Waals surface area (Å²) in [4.78, 5) is 54.9.